The predicted octanol–water partition coefficient (Wildman–Crippen LogP) is -0.475. The molecule has 0 bridgehead atoms. The summed E-state index contributed by atoms with van der Waals surface area (Å²) in [7, 11) is 0. The van der Waals surface area contributed by atoms with Gasteiger partial charge in [-0.2, -0.15) is 0 Å². The second kappa shape index (κ2) is 2.00. The smallest absolute Gasteiger partial charge is 0.407 e. The maximum Gasteiger partial charge on any atom is 0.407 e. The second-order valence-corrected chi connectivity index (χ2v) is 1.61. The standard InChI is InChI=1S/C4H6NO3/c6-1-3-2-8-4(7)5-3/h3H,1-2H2,(H,5,7). The van der Waals surface area contributed by atoms with E-state index in [4.69, 9.17) is 0 Å². The molecule has 0 aromatic rings. The zero-order valence-corrected chi connectivity index (χ0v) is 4.22. The highest BCUT2D eigenvalue weighted by Crippen LogP contribution is 1.94. The van der Waals surface area contributed by atoms with Crippen LogP contribution in [0.5, 0.6) is 0 Å². The molecule has 1 aliphatic heterocycles. The molecule has 1 N–H and O–H groups in total. The van der Waals surface area contributed by atoms with Gasteiger partial charge in [-0.1, -0.05) is 0 Å². The van der Waals surface area contributed by atoms with E-state index in [1.807, 2.05) is 0 Å². The lowest BCUT2D eigenvalue weighted by Gasteiger charge is -1.95. The van der Waals surface area contributed by atoms with Crippen molar-refractivity contribution in [3.8, 4) is 0 Å². The van der Waals surface area contributed by atoms with Crippen molar-refractivity contribution in [2.24, 2.45) is 0 Å². The molecule has 1 aliphatic rings. The summed E-state index contributed by atoms with van der Waals surface area (Å²) in [5, 5.41) is 12.3. The Kier molecular flexibility index (Phi) is 1.34. The van der Waals surface area contributed by atoms with Crippen LogP contribution in [0.25, 0.3) is 0 Å². The molecule has 1 rings (SSSR count). The minimum atomic E-state index is -0.481. The molecule has 8 heavy (non-hydrogen) atoms. The molecule has 45 valence electrons. The van der Waals surface area contributed by atoms with Crippen molar-refractivity contribution in [1.82, 2.24) is 5.32 Å². The fourth-order valence-corrected chi connectivity index (χ4v) is 0.516. The van der Waals surface area contributed by atoms with Crippen molar-refractivity contribution in [3.05, 3.63) is 0 Å². The molecule has 4 heteroatoms. The fraction of sp³-hybridized carbons (Fsp3) is 0.750. The molecule has 1 amide bonds. The van der Waals surface area contributed by atoms with Gasteiger partial charge in [0.25, 0.3) is 0 Å². The molecule has 0 spiro atoms. The van der Waals surface area contributed by atoms with Crippen molar-refractivity contribution < 1.29 is 14.6 Å². The van der Waals surface area contributed by atoms with E-state index < -0.39 is 6.09 Å². The number of amides is 1. The van der Waals surface area contributed by atoms with Crippen LogP contribution in [0.2, 0.25) is 0 Å². The van der Waals surface area contributed by atoms with Crippen LogP contribution in [0.4, 0.5) is 4.79 Å². The van der Waals surface area contributed by atoms with E-state index in [2.05, 4.69) is 10.1 Å². The van der Waals surface area contributed by atoms with E-state index in [9.17, 15) is 9.90 Å². The van der Waals surface area contributed by atoms with Crippen molar-refractivity contribution in [2.75, 3.05) is 13.2 Å². The van der Waals surface area contributed by atoms with E-state index in [-0.39, 0.29) is 19.3 Å². The molecule has 1 unspecified atom stereocenters. The quantitative estimate of drug-likeness (QED) is 0.503. The summed E-state index contributed by atoms with van der Waals surface area (Å²) < 4.78 is 4.41. The molecule has 1 radical (unpaired) electrons. The number of carbonyl (C=O) groups is 1. The van der Waals surface area contributed by atoms with Gasteiger partial charge in [0, 0.05) is 0 Å². The summed E-state index contributed by atoms with van der Waals surface area (Å²) in [4.78, 5) is 10.1. The van der Waals surface area contributed by atoms with Crippen LogP contribution in [-0.4, -0.2) is 25.3 Å². The maximum absolute atomic E-state index is 10.1. The summed E-state index contributed by atoms with van der Waals surface area (Å²) in [6.45, 7) is -0.0753. The largest absolute Gasteiger partial charge is 0.447 e. The summed E-state index contributed by atoms with van der Waals surface area (Å²) in [5.41, 5.74) is 0. The highest BCUT2D eigenvalue weighted by molar-refractivity contribution is 5.69. The van der Waals surface area contributed by atoms with Crippen molar-refractivity contribution in [2.45, 2.75) is 6.04 Å². The lowest BCUT2D eigenvalue weighted by atomic mass is 10.4. The highest BCUT2D eigenvalue weighted by Gasteiger charge is 2.20. The third kappa shape index (κ3) is 0.894. The Morgan fingerprint density at radius 2 is 2.62 bits per heavy atom. The third-order valence-corrected chi connectivity index (χ3v) is 0.939. The third-order valence-electron chi connectivity index (χ3n) is 0.939. The number of hydrogen-bond acceptors (Lipinski definition) is 2. The minimum absolute atomic E-state index is 0.225. The SMILES string of the molecule is [O]CC1COC(=O)N1. The molecule has 0 aromatic carbocycles. The van der Waals surface area contributed by atoms with E-state index in [1.54, 1.807) is 0 Å². The van der Waals surface area contributed by atoms with Gasteiger partial charge in [-0.15, -0.1) is 0 Å². The van der Waals surface area contributed by atoms with Gasteiger partial charge in [0.15, 0.2) is 0 Å². The molecular formula is C4H6NO3. The van der Waals surface area contributed by atoms with Gasteiger partial charge >= 0.3 is 6.09 Å². The Morgan fingerprint density at radius 3 is 2.88 bits per heavy atom. The average Bonchev–Trinajstić information content (AvgIpc) is 2.14. The van der Waals surface area contributed by atoms with Crippen LogP contribution in [-0.2, 0) is 9.84 Å². The molecule has 4 nitrogen and oxygen atoms in total. The van der Waals surface area contributed by atoms with Gasteiger partial charge in [-0.25, -0.2) is 9.90 Å². The van der Waals surface area contributed by atoms with E-state index >= 15 is 0 Å². The zero-order chi connectivity index (χ0) is 5.98. The van der Waals surface area contributed by atoms with Crippen molar-refractivity contribution >= 4 is 6.09 Å². The van der Waals surface area contributed by atoms with Gasteiger partial charge in [-0.05, 0) is 0 Å². The summed E-state index contributed by atoms with van der Waals surface area (Å²) >= 11 is 0. The Labute approximate surface area is 46.4 Å². The first-order valence-corrected chi connectivity index (χ1v) is 2.34. The minimum Gasteiger partial charge on any atom is -0.447 e. The van der Waals surface area contributed by atoms with Gasteiger partial charge in [-0.3, -0.25) is 0 Å². The van der Waals surface area contributed by atoms with Gasteiger partial charge in [0.2, 0.25) is 0 Å². The van der Waals surface area contributed by atoms with Crippen LogP contribution in [0.3, 0.4) is 0 Å². The number of cyclic esters (lactones) is 1. The first-order valence-electron chi connectivity index (χ1n) is 2.34. The molecule has 0 saturated carbocycles. The van der Waals surface area contributed by atoms with Gasteiger partial charge in [0.05, 0.1) is 6.04 Å². The fourth-order valence-electron chi connectivity index (χ4n) is 0.516. The zero-order valence-electron chi connectivity index (χ0n) is 4.22. The number of hydrogen-bond donors (Lipinski definition) is 1. The van der Waals surface area contributed by atoms with Crippen LogP contribution >= 0.6 is 0 Å². The van der Waals surface area contributed by atoms with Crippen molar-refractivity contribution in [3.63, 3.8) is 0 Å². The van der Waals surface area contributed by atoms with E-state index in [0.29, 0.717) is 0 Å². The average molecular weight is 116 g/mol. The van der Waals surface area contributed by atoms with Crippen LogP contribution in [0.15, 0.2) is 0 Å². The molecule has 0 aliphatic carbocycles. The predicted molar refractivity (Wildman–Crippen MR) is 23.8 cm³/mol. The lowest BCUT2D eigenvalue weighted by molar-refractivity contribution is 0.150. The molecule has 1 heterocycles. The molecular weight excluding hydrogens is 110 g/mol. The molecule has 1 saturated heterocycles. The monoisotopic (exact) mass is 116 g/mol. The van der Waals surface area contributed by atoms with Crippen molar-refractivity contribution in [1.29, 1.82) is 0 Å². The van der Waals surface area contributed by atoms with E-state index in [0.717, 1.165) is 0 Å². The topological polar surface area (TPSA) is 58.2 Å². The van der Waals surface area contributed by atoms with Crippen LogP contribution in [0, 0.1) is 0 Å². The number of carbonyl (C=O) groups excluding carboxylic acids is 1. The lowest BCUT2D eigenvalue weighted by Crippen LogP contribution is -2.28. The first kappa shape index (κ1) is 5.37. The normalized spacial score (nSPS) is 27.1. The van der Waals surface area contributed by atoms with Crippen LogP contribution < -0.4 is 5.32 Å². The molecule has 1 atom stereocenters. The van der Waals surface area contributed by atoms with Gasteiger partial charge in [0.1, 0.15) is 13.2 Å². The number of nitrogens with one attached hydrogen (secondary N) is 1. The Bertz CT molecular complexity index is 103. The summed E-state index contributed by atoms with van der Waals surface area (Å²) in [6, 6.07) is -0.303. The summed E-state index contributed by atoms with van der Waals surface area (Å²) in [5.74, 6) is 0. The van der Waals surface area contributed by atoms with Gasteiger partial charge < -0.3 is 10.1 Å². The Hall–Kier alpha value is -0.770. The van der Waals surface area contributed by atoms with E-state index in [1.165, 1.54) is 0 Å². The molecule has 1 fully saturated rings. The Balaban J connectivity index is 2.32. The number of alkyl carbamates (subject to hydrolysis) is 1. The maximum atomic E-state index is 10.1. The van der Waals surface area contributed by atoms with Crippen LogP contribution in [0.1, 0.15) is 0 Å². The second-order valence-electron chi connectivity index (χ2n) is 1.61. The first-order chi connectivity index (χ1) is 3.83. The molecule has 0 aromatic heterocycles. The Morgan fingerprint density at radius 1 is 1.88 bits per heavy atom. The highest BCUT2D eigenvalue weighted by atomic mass is 16.6. The number of ether oxygens (including phenoxy) is 1. The summed E-state index contributed by atoms with van der Waals surface area (Å²) in [6.07, 6.45) is -0.481. The number of rotatable bonds is 1.